The van der Waals surface area contributed by atoms with Crippen LogP contribution in [0.5, 0.6) is 0 Å². The van der Waals surface area contributed by atoms with E-state index in [1.54, 1.807) is 13.8 Å². The van der Waals surface area contributed by atoms with Crippen molar-refractivity contribution >= 4 is 5.91 Å². The fourth-order valence-electron chi connectivity index (χ4n) is 2.22. The maximum absolute atomic E-state index is 12.0. The SMILES string of the molecule is CC(C)(N)C(=O)NCC(c1ccccc1)c1ccccc1. The summed E-state index contributed by atoms with van der Waals surface area (Å²) in [6.07, 6.45) is 0. The van der Waals surface area contributed by atoms with Gasteiger partial charge in [0.1, 0.15) is 0 Å². The Morgan fingerprint density at radius 1 is 1.00 bits per heavy atom. The van der Waals surface area contributed by atoms with Crippen molar-refractivity contribution in [1.82, 2.24) is 5.32 Å². The molecule has 0 saturated heterocycles. The Morgan fingerprint density at radius 2 is 1.43 bits per heavy atom. The van der Waals surface area contributed by atoms with E-state index < -0.39 is 5.54 Å². The number of carbonyl (C=O) groups is 1. The first-order valence-corrected chi connectivity index (χ1v) is 7.15. The highest BCUT2D eigenvalue weighted by Gasteiger charge is 2.23. The first kappa shape index (κ1) is 15.3. The van der Waals surface area contributed by atoms with Gasteiger partial charge in [-0.3, -0.25) is 4.79 Å². The Kier molecular flexibility index (Phi) is 4.76. The number of rotatable bonds is 5. The Labute approximate surface area is 126 Å². The molecule has 0 aromatic heterocycles. The summed E-state index contributed by atoms with van der Waals surface area (Å²) in [5.74, 6) is -0.0157. The second-order valence-corrected chi connectivity index (χ2v) is 5.81. The minimum atomic E-state index is -0.863. The maximum Gasteiger partial charge on any atom is 0.239 e. The van der Waals surface area contributed by atoms with E-state index in [9.17, 15) is 4.79 Å². The molecule has 0 radical (unpaired) electrons. The van der Waals surface area contributed by atoms with Gasteiger partial charge in [0.2, 0.25) is 5.91 Å². The number of carbonyl (C=O) groups excluding carboxylic acids is 1. The molecule has 110 valence electrons. The van der Waals surface area contributed by atoms with Crippen LogP contribution >= 0.6 is 0 Å². The van der Waals surface area contributed by atoms with Crippen molar-refractivity contribution in [2.45, 2.75) is 25.3 Å². The number of benzene rings is 2. The van der Waals surface area contributed by atoms with Crippen molar-refractivity contribution < 1.29 is 4.79 Å². The fraction of sp³-hybridized carbons (Fsp3) is 0.278. The van der Waals surface area contributed by atoms with Gasteiger partial charge in [0.05, 0.1) is 5.54 Å². The molecule has 1 amide bonds. The molecule has 3 heteroatoms. The first-order chi connectivity index (χ1) is 9.98. The lowest BCUT2D eigenvalue weighted by molar-refractivity contribution is -0.125. The topological polar surface area (TPSA) is 55.1 Å². The van der Waals surface area contributed by atoms with E-state index in [0.29, 0.717) is 6.54 Å². The largest absolute Gasteiger partial charge is 0.354 e. The zero-order valence-electron chi connectivity index (χ0n) is 12.5. The summed E-state index contributed by atoms with van der Waals surface area (Å²) in [7, 11) is 0. The van der Waals surface area contributed by atoms with E-state index in [0.717, 1.165) is 0 Å². The van der Waals surface area contributed by atoms with E-state index in [4.69, 9.17) is 5.73 Å². The van der Waals surface area contributed by atoms with Crippen LogP contribution in [-0.4, -0.2) is 18.0 Å². The summed E-state index contributed by atoms with van der Waals surface area (Å²) in [5, 5.41) is 2.96. The van der Waals surface area contributed by atoms with Crippen molar-refractivity contribution in [2.24, 2.45) is 5.73 Å². The summed E-state index contributed by atoms with van der Waals surface area (Å²) >= 11 is 0. The van der Waals surface area contributed by atoms with Gasteiger partial charge >= 0.3 is 0 Å². The van der Waals surface area contributed by atoms with Crippen LogP contribution < -0.4 is 11.1 Å². The molecule has 0 aliphatic rings. The molecule has 0 spiro atoms. The van der Waals surface area contributed by atoms with E-state index in [1.165, 1.54) is 11.1 Å². The van der Waals surface area contributed by atoms with Crippen molar-refractivity contribution in [3.63, 3.8) is 0 Å². The second-order valence-electron chi connectivity index (χ2n) is 5.81. The molecular formula is C18H22N2O. The Balaban J connectivity index is 2.20. The number of nitrogens with one attached hydrogen (secondary N) is 1. The predicted octanol–water partition coefficient (Wildman–Crippen LogP) is 2.67. The molecule has 2 aromatic carbocycles. The van der Waals surface area contributed by atoms with Gasteiger partial charge in [-0.15, -0.1) is 0 Å². The average molecular weight is 282 g/mol. The molecule has 0 heterocycles. The van der Waals surface area contributed by atoms with Crippen LogP contribution in [0.1, 0.15) is 30.9 Å². The lowest BCUT2D eigenvalue weighted by atomic mass is 9.91. The molecular weight excluding hydrogens is 260 g/mol. The van der Waals surface area contributed by atoms with Crippen LogP contribution in [0, 0.1) is 0 Å². The quantitative estimate of drug-likeness (QED) is 0.886. The van der Waals surface area contributed by atoms with E-state index in [1.807, 2.05) is 36.4 Å². The van der Waals surface area contributed by atoms with Crippen LogP contribution in [0.25, 0.3) is 0 Å². The number of nitrogens with two attached hydrogens (primary N) is 1. The number of hydrogen-bond acceptors (Lipinski definition) is 2. The van der Waals surface area contributed by atoms with Crippen molar-refractivity contribution in [1.29, 1.82) is 0 Å². The molecule has 2 aromatic rings. The van der Waals surface area contributed by atoms with Crippen LogP contribution in [0.2, 0.25) is 0 Å². The molecule has 3 nitrogen and oxygen atoms in total. The highest BCUT2D eigenvalue weighted by Crippen LogP contribution is 2.23. The number of hydrogen-bond donors (Lipinski definition) is 2. The van der Waals surface area contributed by atoms with Crippen molar-refractivity contribution in [2.75, 3.05) is 6.54 Å². The minimum Gasteiger partial charge on any atom is -0.354 e. The van der Waals surface area contributed by atoms with Gasteiger partial charge in [0.15, 0.2) is 0 Å². The van der Waals surface area contributed by atoms with Crippen molar-refractivity contribution in [3.05, 3.63) is 71.8 Å². The summed E-state index contributed by atoms with van der Waals surface area (Å²) in [5.41, 5.74) is 7.33. The molecule has 0 aliphatic carbocycles. The van der Waals surface area contributed by atoms with Crippen LogP contribution in [0.15, 0.2) is 60.7 Å². The Morgan fingerprint density at radius 3 is 1.81 bits per heavy atom. The highest BCUT2D eigenvalue weighted by molar-refractivity contribution is 5.85. The van der Waals surface area contributed by atoms with Gasteiger partial charge in [0.25, 0.3) is 0 Å². The molecule has 0 atom stereocenters. The van der Waals surface area contributed by atoms with Crippen LogP contribution in [-0.2, 0) is 4.79 Å². The van der Waals surface area contributed by atoms with Gasteiger partial charge in [-0.1, -0.05) is 60.7 Å². The summed E-state index contributed by atoms with van der Waals surface area (Å²) < 4.78 is 0. The smallest absolute Gasteiger partial charge is 0.239 e. The highest BCUT2D eigenvalue weighted by atomic mass is 16.2. The van der Waals surface area contributed by atoms with Gasteiger partial charge < -0.3 is 11.1 Å². The van der Waals surface area contributed by atoms with Gasteiger partial charge in [-0.25, -0.2) is 0 Å². The summed E-state index contributed by atoms with van der Waals surface area (Å²) in [4.78, 5) is 12.0. The Bertz CT molecular complexity index is 534. The normalized spacial score (nSPS) is 11.4. The molecule has 0 aliphatic heterocycles. The molecule has 0 saturated carbocycles. The zero-order valence-corrected chi connectivity index (χ0v) is 12.5. The molecule has 3 N–H and O–H groups in total. The molecule has 0 bridgehead atoms. The third-order valence-corrected chi connectivity index (χ3v) is 3.46. The maximum atomic E-state index is 12.0. The molecule has 21 heavy (non-hydrogen) atoms. The average Bonchev–Trinajstić information content (AvgIpc) is 2.48. The fourth-order valence-corrected chi connectivity index (χ4v) is 2.22. The van der Waals surface area contributed by atoms with E-state index in [-0.39, 0.29) is 11.8 Å². The van der Waals surface area contributed by atoms with Crippen LogP contribution in [0.3, 0.4) is 0 Å². The standard InChI is InChI=1S/C18H22N2O/c1-18(2,19)17(21)20-13-16(14-9-5-3-6-10-14)15-11-7-4-8-12-15/h3-12,16H,13,19H2,1-2H3,(H,20,21). The minimum absolute atomic E-state index is 0.124. The van der Waals surface area contributed by atoms with Crippen molar-refractivity contribution in [3.8, 4) is 0 Å². The third kappa shape index (κ3) is 4.17. The third-order valence-electron chi connectivity index (χ3n) is 3.46. The van der Waals surface area contributed by atoms with E-state index in [2.05, 4.69) is 29.6 Å². The van der Waals surface area contributed by atoms with Gasteiger partial charge in [0, 0.05) is 12.5 Å². The first-order valence-electron chi connectivity index (χ1n) is 7.15. The zero-order chi connectivity index (χ0) is 15.3. The lowest BCUT2D eigenvalue weighted by Gasteiger charge is -2.22. The second kappa shape index (κ2) is 6.55. The summed E-state index contributed by atoms with van der Waals surface area (Å²) in [6, 6.07) is 20.4. The lowest BCUT2D eigenvalue weighted by Crippen LogP contribution is -2.50. The summed E-state index contributed by atoms with van der Waals surface area (Å²) in [6.45, 7) is 3.96. The number of amides is 1. The van der Waals surface area contributed by atoms with Crippen LogP contribution in [0.4, 0.5) is 0 Å². The molecule has 0 fully saturated rings. The van der Waals surface area contributed by atoms with Gasteiger partial charge in [-0.05, 0) is 25.0 Å². The molecule has 2 rings (SSSR count). The monoisotopic (exact) mass is 282 g/mol. The Hall–Kier alpha value is -2.13. The van der Waals surface area contributed by atoms with E-state index >= 15 is 0 Å². The predicted molar refractivity (Wildman–Crippen MR) is 86.0 cm³/mol. The van der Waals surface area contributed by atoms with Gasteiger partial charge in [-0.2, -0.15) is 0 Å². The molecule has 0 unspecified atom stereocenters.